The first-order chi connectivity index (χ1) is 9.66. The van der Waals surface area contributed by atoms with E-state index in [1.807, 2.05) is 19.1 Å². The summed E-state index contributed by atoms with van der Waals surface area (Å²) < 4.78 is 10.8. The average Bonchev–Trinajstić information content (AvgIpc) is 2.47. The van der Waals surface area contributed by atoms with Crippen molar-refractivity contribution in [3.05, 3.63) is 23.5 Å². The molecule has 1 fully saturated rings. The van der Waals surface area contributed by atoms with Crippen LogP contribution in [-0.4, -0.2) is 49.3 Å². The summed E-state index contributed by atoms with van der Waals surface area (Å²) >= 11 is 0. The van der Waals surface area contributed by atoms with Gasteiger partial charge in [0.25, 0.3) is 0 Å². The molecule has 5 nitrogen and oxygen atoms in total. The number of aryl methyl sites for hydroxylation is 1. The molecule has 0 aromatic carbocycles. The predicted molar refractivity (Wildman–Crippen MR) is 78.8 cm³/mol. The second kappa shape index (κ2) is 7.02. The van der Waals surface area contributed by atoms with Crippen molar-refractivity contribution in [1.82, 2.24) is 9.88 Å². The van der Waals surface area contributed by atoms with E-state index in [1.54, 1.807) is 14.2 Å². The molecule has 2 N–H and O–H groups in total. The van der Waals surface area contributed by atoms with Gasteiger partial charge >= 0.3 is 0 Å². The number of hydrogen-bond donors (Lipinski definition) is 1. The van der Waals surface area contributed by atoms with Crippen LogP contribution in [0.5, 0.6) is 5.75 Å². The van der Waals surface area contributed by atoms with Crippen molar-refractivity contribution in [2.24, 2.45) is 5.73 Å². The van der Waals surface area contributed by atoms with Crippen molar-refractivity contribution in [1.29, 1.82) is 0 Å². The fraction of sp³-hybridized carbons (Fsp3) is 0.667. The summed E-state index contributed by atoms with van der Waals surface area (Å²) in [5.74, 6) is 0.864. The quantitative estimate of drug-likeness (QED) is 0.881. The summed E-state index contributed by atoms with van der Waals surface area (Å²) in [6.45, 7) is 4.46. The Bertz CT molecular complexity index is 439. The van der Waals surface area contributed by atoms with Crippen LogP contribution >= 0.6 is 0 Å². The molecule has 1 aliphatic heterocycles. The lowest BCUT2D eigenvalue weighted by Gasteiger charge is -2.38. The van der Waals surface area contributed by atoms with Crippen LogP contribution in [0.25, 0.3) is 0 Å². The van der Waals surface area contributed by atoms with Crippen molar-refractivity contribution in [3.8, 4) is 5.75 Å². The molecule has 0 radical (unpaired) electrons. The molecular weight excluding hydrogens is 254 g/mol. The number of hydrogen-bond acceptors (Lipinski definition) is 5. The maximum Gasteiger partial charge on any atom is 0.122 e. The molecule has 1 aromatic rings. The van der Waals surface area contributed by atoms with Crippen molar-refractivity contribution >= 4 is 0 Å². The monoisotopic (exact) mass is 279 g/mol. The molecule has 1 saturated heterocycles. The number of nitrogens with zero attached hydrogens (tertiary/aromatic N) is 2. The van der Waals surface area contributed by atoms with E-state index >= 15 is 0 Å². The Hall–Kier alpha value is -1.17. The van der Waals surface area contributed by atoms with Crippen LogP contribution in [0.2, 0.25) is 0 Å². The maximum atomic E-state index is 5.91. The summed E-state index contributed by atoms with van der Waals surface area (Å²) in [6.07, 6.45) is 2.38. The minimum Gasteiger partial charge on any atom is -0.497 e. The number of rotatable bonds is 5. The van der Waals surface area contributed by atoms with Gasteiger partial charge in [-0.3, -0.25) is 9.88 Å². The van der Waals surface area contributed by atoms with E-state index in [1.165, 1.54) is 0 Å². The third-order valence-electron chi connectivity index (χ3n) is 3.98. The lowest BCUT2D eigenvalue weighted by Crippen LogP contribution is -2.48. The fourth-order valence-electron chi connectivity index (χ4n) is 2.84. The fourth-order valence-corrected chi connectivity index (χ4v) is 2.84. The highest BCUT2D eigenvalue weighted by molar-refractivity contribution is 5.26. The normalized spacial score (nSPS) is 23.8. The maximum absolute atomic E-state index is 5.91. The molecule has 112 valence electrons. The highest BCUT2D eigenvalue weighted by Gasteiger charge is 2.27. The molecule has 2 heterocycles. The average molecular weight is 279 g/mol. The SMILES string of the molecule is COc1cc(C)nc(CN2CCC(OC)CC2CN)c1. The van der Waals surface area contributed by atoms with Gasteiger partial charge in [0.1, 0.15) is 5.75 Å². The number of piperidine rings is 1. The summed E-state index contributed by atoms with van der Waals surface area (Å²) in [5, 5.41) is 0. The van der Waals surface area contributed by atoms with Crippen molar-refractivity contribution < 1.29 is 9.47 Å². The predicted octanol–water partition coefficient (Wildman–Crippen LogP) is 1.34. The zero-order valence-electron chi connectivity index (χ0n) is 12.6. The molecule has 0 amide bonds. The first-order valence-corrected chi connectivity index (χ1v) is 7.14. The molecule has 0 aliphatic carbocycles. The van der Waals surface area contributed by atoms with E-state index in [9.17, 15) is 0 Å². The van der Waals surface area contributed by atoms with Gasteiger partial charge in [0, 0.05) is 50.6 Å². The van der Waals surface area contributed by atoms with Crippen molar-refractivity contribution in [3.63, 3.8) is 0 Å². The first kappa shape index (κ1) is 15.2. The minimum atomic E-state index is 0.333. The molecule has 2 rings (SSSR count). The van der Waals surface area contributed by atoms with Gasteiger partial charge in [0.15, 0.2) is 0 Å². The number of likely N-dealkylation sites (tertiary alicyclic amines) is 1. The number of pyridine rings is 1. The standard InChI is InChI=1S/C15H25N3O2/c1-11-6-15(20-3)7-12(17-11)10-18-5-4-14(19-2)8-13(18)9-16/h6-7,13-14H,4-5,8-10,16H2,1-3H3. The van der Waals surface area contributed by atoms with Gasteiger partial charge < -0.3 is 15.2 Å². The van der Waals surface area contributed by atoms with Gasteiger partial charge in [0.2, 0.25) is 0 Å². The molecule has 1 aliphatic rings. The van der Waals surface area contributed by atoms with Crippen LogP contribution in [0.3, 0.4) is 0 Å². The van der Waals surface area contributed by atoms with Crippen LogP contribution in [0, 0.1) is 6.92 Å². The van der Waals surface area contributed by atoms with Crippen LogP contribution < -0.4 is 10.5 Å². The van der Waals surface area contributed by atoms with Gasteiger partial charge in [0.05, 0.1) is 18.9 Å². The zero-order valence-corrected chi connectivity index (χ0v) is 12.6. The van der Waals surface area contributed by atoms with E-state index in [2.05, 4.69) is 9.88 Å². The number of methoxy groups -OCH3 is 2. The first-order valence-electron chi connectivity index (χ1n) is 7.14. The Kier molecular flexibility index (Phi) is 5.34. The Balaban J connectivity index is 2.06. The Morgan fingerprint density at radius 2 is 2.20 bits per heavy atom. The molecule has 2 atom stereocenters. The van der Waals surface area contributed by atoms with Crippen molar-refractivity contribution in [2.75, 3.05) is 27.3 Å². The molecule has 2 unspecified atom stereocenters. The smallest absolute Gasteiger partial charge is 0.122 e. The van der Waals surface area contributed by atoms with E-state index < -0.39 is 0 Å². The topological polar surface area (TPSA) is 60.6 Å². The second-order valence-corrected chi connectivity index (χ2v) is 5.38. The van der Waals surface area contributed by atoms with E-state index in [4.69, 9.17) is 15.2 Å². The molecule has 1 aromatic heterocycles. The summed E-state index contributed by atoms with van der Waals surface area (Å²) in [5.41, 5.74) is 7.93. The summed E-state index contributed by atoms with van der Waals surface area (Å²) in [7, 11) is 3.46. The number of nitrogens with two attached hydrogens (primary N) is 1. The van der Waals surface area contributed by atoms with Gasteiger partial charge in [-0.25, -0.2) is 0 Å². The van der Waals surface area contributed by atoms with Gasteiger partial charge in [-0.05, 0) is 19.8 Å². The number of aromatic nitrogens is 1. The second-order valence-electron chi connectivity index (χ2n) is 5.38. The van der Waals surface area contributed by atoms with Gasteiger partial charge in [-0.15, -0.1) is 0 Å². The largest absolute Gasteiger partial charge is 0.497 e. The van der Waals surface area contributed by atoms with E-state index in [0.717, 1.165) is 43.1 Å². The highest BCUT2D eigenvalue weighted by atomic mass is 16.5. The van der Waals surface area contributed by atoms with Crippen molar-refractivity contribution in [2.45, 2.75) is 38.5 Å². The Morgan fingerprint density at radius 3 is 2.85 bits per heavy atom. The number of ether oxygens (including phenoxy) is 2. The summed E-state index contributed by atoms with van der Waals surface area (Å²) in [6, 6.07) is 4.31. The molecule has 0 spiro atoms. The molecule has 20 heavy (non-hydrogen) atoms. The summed E-state index contributed by atoms with van der Waals surface area (Å²) in [4.78, 5) is 6.99. The van der Waals surface area contributed by atoms with Crippen LogP contribution in [0.15, 0.2) is 12.1 Å². The van der Waals surface area contributed by atoms with E-state index in [-0.39, 0.29) is 0 Å². The molecule has 5 heteroatoms. The lowest BCUT2D eigenvalue weighted by molar-refractivity contribution is 0.00974. The highest BCUT2D eigenvalue weighted by Crippen LogP contribution is 2.22. The third kappa shape index (κ3) is 3.69. The van der Waals surface area contributed by atoms with Gasteiger partial charge in [-0.2, -0.15) is 0 Å². The third-order valence-corrected chi connectivity index (χ3v) is 3.98. The minimum absolute atomic E-state index is 0.333. The Labute approximate surface area is 121 Å². The molecule has 0 bridgehead atoms. The zero-order chi connectivity index (χ0) is 14.5. The lowest BCUT2D eigenvalue weighted by atomic mass is 9.99. The Morgan fingerprint density at radius 1 is 1.40 bits per heavy atom. The van der Waals surface area contributed by atoms with Crippen LogP contribution in [0.4, 0.5) is 0 Å². The van der Waals surface area contributed by atoms with Gasteiger partial charge in [-0.1, -0.05) is 0 Å². The molecule has 0 saturated carbocycles. The molecular formula is C15H25N3O2. The van der Waals surface area contributed by atoms with Crippen LogP contribution in [-0.2, 0) is 11.3 Å². The van der Waals surface area contributed by atoms with E-state index in [0.29, 0.717) is 18.7 Å². The van der Waals surface area contributed by atoms with Crippen LogP contribution in [0.1, 0.15) is 24.2 Å².